The van der Waals surface area contributed by atoms with Crippen LogP contribution in [0.4, 0.5) is 10.5 Å². The van der Waals surface area contributed by atoms with Crippen molar-refractivity contribution in [2.75, 3.05) is 5.32 Å². The number of hydrogen-bond acceptors (Lipinski definition) is 5. The van der Waals surface area contributed by atoms with Crippen LogP contribution in [-0.2, 0) is 41.9 Å². The second-order valence-electron chi connectivity index (χ2n) is 7.61. The van der Waals surface area contributed by atoms with Crippen molar-refractivity contribution in [2.45, 2.75) is 63.0 Å². The van der Waals surface area contributed by atoms with Crippen LogP contribution in [0.2, 0.25) is 0 Å². The monoisotopic (exact) mass is 405 g/mol. The summed E-state index contributed by atoms with van der Waals surface area (Å²) in [6.07, 6.45) is 6.23. The summed E-state index contributed by atoms with van der Waals surface area (Å²) in [4.78, 5) is 16.6. The minimum absolute atomic E-state index is 0.228. The number of aryl methyl sites for hydroxylation is 2. The number of thiol groups is 1. The summed E-state index contributed by atoms with van der Waals surface area (Å²) < 4.78 is 16.2. The standard InChI is InChI=1S/C19H23N3O3S2/c1-19(2,24)17-20-15(10-26-17)27(25)22-18(23)21-16-13-7-3-5-11(13)9-12-6-4-8-14(12)16/h9-10,24,27H,3-8H2,1-2H3,(H,21,23). The molecule has 0 spiro atoms. The minimum atomic E-state index is -2.30. The van der Waals surface area contributed by atoms with Gasteiger partial charge in [0.2, 0.25) is 0 Å². The van der Waals surface area contributed by atoms with Gasteiger partial charge in [-0.2, -0.15) is 0 Å². The van der Waals surface area contributed by atoms with Gasteiger partial charge >= 0.3 is 6.03 Å². The third-order valence-corrected chi connectivity index (χ3v) is 7.41. The zero-order valence-corrected chi connectivity index (χ0v) is 17.1. The van der Waals surface area contributed by atoms with E-state index in [-0.39, 0.29) is 5.03 Å². The molecule has 1 atom stereocenters. The SMILES string of the molecule is CC(C)(O)c1nc(/[SH](=O)=N/C(=O)Nc2c3c(cc4c2CCC4)CCC3)cs1. The molecule has 2 N–H and O–H groups in total. The lowest BCUT2D eigenvalue weighted by Gasteiger charge is -2.14. The van der Waals surface area contributed by atoms with Crippen molar-refractivity contribution in [3.63, 3.8) is 0 Å². The van der Waals surface area contributed by atoms with Crippen molar-refractivity contribution in [1.29, 1.82) is 0 Å². The smallest absolute Gasteiger partial charge is 0.353 e. The number of aromatic nitrogens is 1. The number of nitrogens with zero attached hydrogens (tertiary/aromatic N) is 2. The van der Waals surface area contributed by atoms with Crippen molar-refractivity contribution >= 4 is 33.7 Å². The summed E-state index contributed by atoms with van der Waals surface area (Å²) >= 11 is 1.21. The molecule has 1 aromatic carbocycles. The molecule has 0 saturated heterocycles. The lowest BCUT2D eigenvalue weighted by atomic mass is 9.99. The third kappa shape index (κ3) is 3.66. The average Bonchev–Trinajstić information content (AvgIpc) is 3.33. The highest BCUT2D eigenvalue weighted by molar-refractivity contribution is 7.75. The molecule has 2 amide bonds. The number of thiazole rings is 1. The molecule has 27 heavy (non-hydrogen) atoms. The molecule has 144 valence electrons. The molecule has 1 aromatic heterocycles. The highest BCUT2D eigenvalue weighted by Gasteiger charge is 2.25. The van der Waals surface area contributed by atoms with E-state index in [0.717, 1.165) is 44.2 Å². The lowest BCUT2D eigenvalue weighted by molar-refractivity contribution is 0.0778. The van der Waals surface area contributed by atoms with Gasteiger partial charge in [-0.15, -0.1) is 15.7 Å². The molecule has 2 aromatic rings. The maximum Gasteiger partial charge on any atom is 0.353 e. The molecule has 6 nitrogen and oxygen atoms in total. The zero-order valence-electron chi connectivity index (χ0n) is 15.4. The van der Waals surface area contributed by atoms with E-state index >= 15 is 0 Å². The number of benzene rings is 1. The highest BCUT2D eigenvalue weighted by Crippen LogP contribution is 2.38. The molecular formula is C19H23N3O3S2. The van der Waals surface area contributed by atoms with Crippen LogP contribution in [0.5, 0.6) is 0 Å². The van der Waals surface area contributed by atoms with Gasteiger partial charge in [-0.3, -0.25) is 0 Å². The Balaban J connectivity index is 1.59. The van der Waals surface area contributed by atoms with E-state index in [1.54, 1.807) is 19.2 Å². The molecule has 1 heterocycles. The van der Waals surface area contributed by atoms with Gasteiger partial charge in [-0.1, -0.05) is 6.07 Å². The molecule has 0 fully saturated rings. The maximum absolute atomic E-state index is 12.5. The number of urea groups is 1. The van der Waals surface area contributed by atoms with Gasteiger partial charge in [0.25, 0.3) is 0 Å². The van der Waals surface area contributed by atoms with Gasteiger partial charge in [-0.05, 0) is 74.6 Å². The topological polar surface area (TPSA) is 91.7 Å². The third-order valence-electron chi connectivity index (χ3n) is 5.10. The van der Waals surface area contributed by atoms with Crippen LogP contribution >= 0.6 is 11.3 Å². The summed E-state index contributed by atoms with van der Waals surface area (Å²) in [5, 5.41) is 15.2. The van der Waals surface area contributed by atoms with E-state index in [2.05, 4.69) is 20.7 Å². The molecular weight excluding hydrogens is 382 g/mol. The van der Waals surface area contributed by atoms with E-state index in [0.29, 0.717) is 5.01 Å². The van der Waals surface area contributed by atoms with Crippen LogP contribution in [0.3, 0.4) is 0 Å². The summed E-state index contributed by atoms with van der Waals surface area (Å²) in [5.74, 6) is 0. The number of nitrogens with one attached hydrogen (secondary N) is 1. The fraction of sp³-hybridized carbons (Fsp3) is 0.474. The number of rotatable bonds is 3. The number of hydrogen-bond donors (Lipinski definition) is 3. The molecule has 4 rings (SSSR count). The van der Waals surface area contributed by atoms with E-state index < -0.39 is 22.2 Å². The molecule has 0 saturated carbocycles. The van der Waals surface area contributed by atoms with Crippen molar-refractivity contribution in [1.82, 2.24) is 4.98 Å². The average molecular weight is 406 g/mol. The number of aliphatic hydroxyl groups is 1. The Kier molecular flexibility index (Phi) is 4.82. The number of carbonyl (C=O) groups is 1. The van der Waals surface area contributed by atoms with Gasteiger partial charge in [0, 0.05) is 11.1 Å². The van der Waals surface area contributed by atoms with E-state index in [1.807, 2.05) is 0 Å². The van der Waals surface area contributed by atoms with Crippen molar-refractivity contribution in [3.05, 3.63) is 38.7 Å². The van der Waals surface area contributed by atoms with Crippen LogP contribution in [0.25, 0.3) is 0 Å². The molecule has 2 aliphatic carbocycles. The second-order valence-corrected chi connectivity index (χ2v) is 9.67. The van der Waals surface area contributed by atoms with Gasteiger partial charge in [0.15, 0.2) is 0 Å². The predicted octanol–water partition coefficient (Wildman–Crippen LogP) is 3.60. The first-order valence-electron chi connectivity index (χ1n) is 9.17. The molecule has 0 radical (unpaired) electrons. The maximum atomic E-state index is 12.5. The van der Waals surface area contributed by atoms with Crippen molar-refractivity contribution < 1.29 is 14.1 Å². The van der Waals surface area contributed by atoms with Gasteiger partial charge in [0.05, 0.1) is 10.6 Å². The van der Waals surface area contributed by atoms with Crippen molar-refractivity contribution in [3.8, 4) is 0 Å². The van der Waals surface area contributed by atoms with Crippen LogP contribution in [-0.4, -0.2) is 20.3 Å². The first-order valence-corrected chi connectivity index (χ1v) is 11.3. The number of amides is 2. The Morgan fingerprint density at radius 3 is 2.41 bits per heavy atom. The predicted molar refractivity (Wildman–Crippen MR) is 107 cm³/mol. The molecule has 2 aliphatic rings. The Morgan fingerprint density at radius 2 is 1.85 bits per heavy atom. The van der Waals surface area contributed by atoms with E-state index in [4.69, 9.17) is 0 Å². The van der Waals surface area contributed by atoms with Crippen LogP contribution in [0.15, 0.2) is 20.8 Å². The molecule has 0 aliphatic heterocycles. The highest BCUT2D eigenvalue weighted by atomic mass is 32.2. The second kappa shape index (κ2) is 7.00. The first kappa shape index (κ1) is 18.6. The van der Waals surface area contributed by atoms with Crippen LogP contribution in [0.1, 0.15) is 54.0 Å². The van der Waals surface area contributed by atoms with Gasteiger partial charge in [0.1, 0.15) is 15.6 Å². The fourth-order valence-corrected chi connectivity index (χ4v) is 5.67. The summed E-state index contributed by atoms with van der Waals surface area (Å²) in [7, 11) is -2.30. The Labute approximate surface area is 164 Å². The Morgan fingerprint density at radius 1 is 1.22 bits per heavy atom. The summed E-state index contributed by atoms with van der Waals surface area (Å²) in [6, 6.07) is 1.70. The fourth-order valence-electron chi connectivity index (χ4n) is 3.87. The number of carbonyl (C=O) groups excluding carboxylic acids is 1. The molecule has 1 unspecified atom stereocenters. The Hall–Kier alpha value is -1.77. The summed E-state index contributed by atoms with van der Waals surface area (Å²) in [5.41, 5.74) is 4.87. The Bertz CT molecular complexity index is 966. The van der Waals surface area contributed by atoms with Crippen LogP contribution in [0, 0.1) is 0 Å². The van der Waals surface area contributed by atoms with Gasteiger partial charge < -0.3 is 10.4 Å². The van der Waals surface area contributed by atoms with Gasteiger partial charge in [-0.25, -0.2) is 14.0 Å². The molecule has 8 heteroatoms. The zero-order chi connectivity index (χ0) is 19.2. The van der Waals surface area contributed by atoms with Crippen LogP contribution < -0.4 is 5.32 Å². The van der Waals surface area contributed by atoms with E-state index in [1.165, 1.54) is 33.6 Å². The first-order chi connectivity index (χ1) is 12.8. The van der Waals surface area contributed by atoms with E-state index in [9.17, 15) is 14.1 Å². The number of fused-ring (bicyclic) bond motifs is 2. The largest absolute Gasteiger partial charge is 0.383 e. The molecule has 0 bridgehead atoms. The lowest BCUT2D eigenvalue weighted by Crippen LogP contribution is -2.15. The minimum Gasteiger partial charge on any atom is -0.383 e. The summed E-state index contributed by atoms with van der Waals surface area (Å²) in [6.45, 7) is 3.23. The quantitative estimate of drug-likeness (QED) is 0.681. The number of anilines is 1. The van der Waals surface area contributed by atoms with Crippen molar-refractivity contribution in [2.24, 2.45) is 4.36 Å². The normalized spacial score (nSPS) is 17.0.